The summed E-state index contributed by atoms with van der Waals surface area (Å²) in [6.07, 6.45) is 1.89. The minimum atomic E-state index is -0.266. The standard InChI is InChI=1S/C15H20N4O2/c1-19-7-5-12(6-8-19)17-15(20)18-13-9-11(10-16)3-4-14(13)21-2/h3-4,9,12H,5-8H2,1-2H3,(H2,17,18,20). The Balaban J connectivity index is 1.97. The van der Waals surface area contributed by atoms with E-state index in [0.717, 1.165) is 25.9 Å². The summed E-state index contributed by atoms with van der Waals surface area (Å²) in [5, 5.41) is 14.6. The Morgan fingerprint density at radius 1 is 1.43 bits per heavy atom. The predicted octanol–water partition coefficient (Wildman–Crippen LogP) is 1.78. The van der Waals surface area contributed by atoms with Gasteiger partial charge < -0.3 is 20.3 Å². The van der Waals surface area contributed by atoms with Crippen LogP contribution in [-0.2, 0) is 0 Å². The first-order chi connectivity index (χ1) is 10.1. The number of nitrogens with one attached hydrogen (secondary N) is 2. The second-order valence-corrected chi connectivity index (χ2v) is 5.20. The van der Waals surface area contributed by atoms with E-state index >= 15 is 0 Å². The lowest BCUT2D eigenvalue weighted by Crippen LogP contribution is -2.44. The lowest BCUT2D eigenvalue weighted by atomic mass is 10.1. The van der Waals surface area contributed by atoms with Crippen LogP contribution in [0, 0.1) is 11.3 Å². The number of ether oxygens (including phenoxy) is 1. The van der Waals surface area contributed by atoms with Crippen LogP contribution in [-0.4, -0.2) is 44.2 Å². The Morgan fingerprint density at radius 2 is 2.14 bits per heavy atom. The number of urea groups is 1. The molecule has 1 heterocycles. The van der Waals surface area contributed by atoms with E-state index in [0.29, 0.717) is 17.0 Å². The Morgan fingerprint density at radius 3 is 2.76 bits per heavy atom. The predicted molar refractivity (Wildman–Crippen MR) is 80.4 cm³/mol. The fourth-order valence-corrected chi connectivity index (χ4v) is 2.37. The van der Waals surface area contributed by atoms with Crippen molar-refractivity contribution in [2.45, 2.75) is 18.9 Å². The first-order valence-corrected chi connectivity index (χ1v) is 6.96. The minimum Gasteiger partial charge on any atom is -0.495 e. The summed E-state index contributed by atoms with van der Waals surface area (Å²) in [7, 11) is 3.61. The van der Waals surface area contributed by atoms with Crippen LogP contribution in [0.25, 0.3) is 0 Å². The van der Waals surface area contributed by atoms with Crippen molar-refractivity contribution in [2.24, 2.45) is 0 Å². The highest BCUT2D eigenvalue weighted by Gasteiger charge is 2.19. The summed E-state index contributed by atoms with van der Waals surface area (Å²) < 4.78 is 5.19. The van der Waals surface area contributed by atoms with Crippen LogP contribution >= 0.6 is 0 Å². The molecule has 0 bridgehead atoms. The van der Waals surface area contributed by atoms with E-state index in [1.54, 1.807) is 18.2 Å². The molecule has 112 valence electrons. The molecular formula is C15H20N4O2. The van der Waals surface area contributed by atoms with E-state index < -0.39 is 0 Å². The van der Waals surface area contributed by atoms with E-state index in [9.17, 15) is 4.79 Å². The molecule has 1 fully saturated rings. The number of nitriles is 1. The molecule has 0 aliphatic carbocycles. The summed E-state index contributed by atoms with van der Waals surface area (Å²) in [6.45, 7) is 1.97. The minimum absolute atomic E-state index is 0.186. The van der Waals surface area contributed by atoms with Crippen molar-refractivity contribution in [3.05, 3.63) is 23.8 Å². The Labute approximate surface area is 124 Å². The second kappa shape index (κ2) is 6.95. The zero-order chi connectivity index (χ0) is 15.2. The Bertz CT molecular complexity index is 545. The summed E-state index contributed by atoms with van der Waals surface area (Å²) in [4.78, 5) is 14.3. The number of nitrogens with zero attached hydrogens (tertiary/aromatic N) is 2. The van der Waals surface area contributed by atoms with E-state index in [4.69, 9.17) is 10.00 Å². The second-order valence-electron chi connectivity index (χ2n) is 5.20. The number of amides is 2. The van der Waals surface area contributed by atoms with Crippen LogP contribution in [0.4, 0.5) is 10.5 Å². The van der Waals surface area contributed by atoms with Crippen LogP contribution in [0.1, 0.15) is 18.4 Å². The third kappa shape index (κ3) is 4.10. The number of hydrogen-bond acceptors (Lipinski definition) is 4. The molecule has 0 spiro atoms. The van der Waals surface area contributed by atoms with Gasteiger partial charge >= 0.3 is 6.03 Å². The van der Waals surface area contributed by atoms with E-state index in [1.165, 1.54) is 7.11 Å². The Kier molecular flexibility index (Phi) is 5.01. The molecule has 1 aromatic carbocycles. The highest BCUT2D eigenvalue weighted by molar-refractivity contribution is 5.91. The van der Waals surface area contributed by atoms with Gasteiger partial charge in [0.15, 0.2) is 0 Å². The fraction of sp³-hybridized carbons (Fsp3) is 0.467. The number of rotatable bonds is 3. The van der Waals surface area contributed by atoms with Crippen LogP contribution in [0.2, 0.25) is 0 Å². The fourth-order valence-electron chi connectivity index (χ4n) is 2.37. The smallest absolute Gasteiger partial charge is 0.319 e. The average molecular weight is 288 g/mol. The lowest BCUT2D eigenvalue weighted by Gasteiger charge is -2.29. The zero-order valence-electron chi connectivity index (χ0n) is 12.3. The highest BCUT2D eigenvalue weighted by Crippen LogP contribution is 2.25. The Hall–Kier alpha value is -2.26. The number of benzene rings is 1. The van der Waals surface area contributed by atoms with Crippen molar-refractivity contribution in [1.29, 1.82) is 5.26 Å². The van der Waals surface area contributed by atoms with E-state index in [-0.39, 0.29) is 12.1 Å². The molecule has 0 atom stereocenters. The van der Waals surface area contributed by atoms with Gasteiger partial charge in [-0.3, -0.25) is 0 Å². The number of likely N-dealkylation sites (tertiary alicyclic amines) is 1. The first-order valence-electron chi connectivity index (χ1n) is 6.96. The maximum atomic E-state index is 12.1. The lowest BCUT2D eigenvalue weighted by molar-refractivity contribution is 0.221. The van der Waals surface area contributed by atoms with Crippen LogP contribution in [0.15, 0.2) is 18.2 Å². The number of hydrogen-bond donors (Lipinski definition) is 2. The van der Waals surface area contributed by atoms with Crippen molar-refractivity contribution >= 4 is 11.7 Å². The molecule has 0 unspecified atom stereocenters. The zero-order valence-corrected chi connectivity index (χ0v) is 12.3. The van der Waals surface area contributed by atoms with Gasteiger partial charge in [0, 0.05) is 6.04 Å². The molecule has 0 radical (unpaired) electrons. The van der Waals surface area contributed by atoms with Crippen molar-refractivity contribution in [2.75, 3.05) is 32.6 Å². The van der Waals surface area contributed by atoms with Crippen LogP contribution in [0.5, 0.6) is 5.75 Å². The van der Waals surface area contributed by atoms with Crippen molar-refractivity contribution in [1.82, 2.24) is 10.2 Å². The van der Waals surface area contributed by atoms with Crippen LogP contribution < -0.4 is 15.4 Å². The largest absolute Gasteiger partial charge is 0.495 e. The molecule has 21 heavy (non-hydrogen) atoms. The van der Waals surface area contributed by atoms with Gasteiger partial charge in [-0.15, -0.1) is 0 Å². The highest BCUT2D eigenvalue weighted by atomic mass is 16.5. The molecule has 1 aliphatic heterocycles. The van der Waals surface area contributed by atoms with Gasteiger partial charge in [-0.2, -0.15) is 5.26 Å². The topological polar surface area (TPSA) is 77.4 Å². The number of carbonyl (C=O) groups excluding carboxylic acids is 1. The van der Waals surface area contributed by atoms with Crippen LogP contribution in [0.3, 0.4) is 0 Å². The summed E-state index contributed by atoms with van der Waals surface area (Å²) in [5.74, 6) is 0.535. The monoisotopic (exact) mass is 288 g/mol. The number of methoxy groups -OCH3 is 1. The van der Waals surface area contributed by atoms with Gasteiger partial charge in [0.1, 0.15) is 5.75 Å². The maximum absolute atomic E-state index is 12.1. The van der Waals surface area contributed by atoms with Crippen molar-refractivity contribution < 1.29 is 9.53 Å². The van der Waals surface area contributed by atoms with Crippen molar-refractivity contribution in [3.63, 3.8) is 0 Å². The molecule has 1 aliphatic rings. The van der Waals surface area contributed by atoms with E-state index in [2.05, 4.69) is 22.6 Å². The van der Waals surface area contributed by atoms with Gasteiger partial charge in [0.25, 0.3) is 0 Å². The average Bonchev–Trinajstić information content (AvgIpc) is 2.49. The van der Waals surface area contributed by atoms with Gasteiger partial charge in [-0.25, -0.2) is 4.79 Å². The summed E-state index contributed by atoms with van der Waals surface area (Å²) in [6, 6.07) is 6.89. The molecule has 6 nitrogen and oxygen atoms in total. The molecule has 2 N–H and O–H groups in total. The quantitative estimate of drug-likeness (QED) is 0.889. The molecule has 2 rings (SSSR count). The SMILES string of the molecule is COc1ccc(C#N)cc1NC(=O)NC1CCN(C)CC1. The third-order valence-corrected chi connectivity index (χ3v) is 3.63. The van der Waals surface area contributed by atoms with Gasteiger partial charge in [-0.05, 0) is 51.2 Å². The van der Waals surface area contributed by atoms with E-state index in [1.807, 2.05) is 6.07 Å². The third-order valence-electron chi connectivity index (χ3n) is 3.63. The molecule has 1 aromatic rings. The maximum Gasteiger partial charge on any atom is 0.319 e. The number of anilines is 1. The van der Waals surface area contributed by atoms with Gasteiger partial charge in [0.2, 0.25) is 0 Å². The molecule has 0 aromatic heterocycles. The molecule has 2 amide bonds. The van der Waals surface area contributed by atoms with Gasteiger partial charge in [-0.1, -0.05) is 0 Å². The number of piperidine rings is 1. The van der Waals surface area contributed by atoms with Crippen molar-refractivity contribution in [3.8, 4) is 11.8 Å². The first kappa shape index (κ1) is 15.1. The normalized spacial score (nSPS) is 16.0. The molecule has 1 saturated heterocycles. The molecular weight excluding hydrogens is 268 g/mol. The molecule has 6 heteroatoms. The molecule has 0 saturated carbocycles. The summed E-state index contributed by atoms with van der Waals surface area (Å²) >= 11 is 0. The summed E-state index contributed by atoms with van der Waals surface area (Å²) in [5.41, 5.74) is 0.979. The van der Waals surface area contributed by atoms with Gasteiger partial charge in [0.05, 0.1) is 24.4 Å². The number of carbonyl (C=O) groups is 1.